The van der Waals surface area contributed by atoms with Gasteiger partial charge in [-0.05, 0) is 55.0 Å². The van der Waals surface area contributed by atoms with E-state index in [1.807, 2.05) is 17.8 Å². The Labute approximate surface area is 219 Å². The third-order valence-corrected chi connectivity index (χ3v) is 10.7. The minimum Gasteiger partial charge on any atom is -0.367 e. The van der Waals surface area contributed by atoms with Crippen molar-refractivity contribution in [1.29, 1.82) is 0 Å². The first-order valence-corrected chi connectivity index (χ1v) is 14.9. The topological polar surface area (TPSA) is 49.4 Å². The SMILES string of the molecule is C.CCN(CC)C1=CC2SC(C=O)=CC2S1.CCNCC.O=CC1=CC2SC(Br)=CC2S1. The minimum atomic E-state index is 0. The fraction of sp³-hybridized carbons (Fsp3) is 0.565. The van der Waals surface area contributed by atoms with Crippen LogP contribution in [0.5, 0.6) is 0 Å². The maximum atomic E-state index is 10.6. The molecule has 0 radical (unpaired) electrons. The smallest absolute Gasteiger partial charge is 0.156 e. The number of allylic oxidation sites excluding steroid dienone is 2. The first-order chi connectivity index (χ1) is 15.0. The molecular formula is C23H35BrN2O2S4. The van der Waals surface area contributed by atoms with Gasteiger partial charge >= 0.3 is 0 Å². The lowest BCUT2D eigenvalue weighted by molar-refractivity contribution is -0.105. The molecule has 0 aliphatic carbocycles. The molecule has 0 spiro atoms. The van der Waals surface area contributed by atoms with Gasteiger partial charge in [0.15, 0.2) is 12.6 Å². The molecule has 0 fully saturated rings. The van der Waals surface area contributed by atoms with Gasteiger partial charge in [-0.25, -0.2) is 0 Å². The van der Waals surface area contributed by atoms with Crippen LogP contribution in [0.2, 0.25) is 0 Å². The van der Waals surface area contributed by atoms with Crippen LogP contribution < -0.4 is 5.32 Å². The van der Waals surface area contributed by atoms with Gasteiger partial charge in [-0.1, -0.05) is 45.2 Å². The Morgan fingerprint density at radius 2 is 1.28 bits per heavy atom. The van der Waals surface area contributed by atoms with Crippen molar-refractivity contribution in [1.82, 2.24) is 10.2 Å². The normalized spacial score (nSPS) is 26.5. The molecule has 4 atom stereocenters. The van der Waals surface area contributed by atoms with E-state index in [0.717, 1.165) is 48.6 Å². The molecule has 32 heavy (non-hydrogen) atoms. The van der Waals surface area contributed by atoms with Crippen LogP contribution in [-0.4, -0.2) is 64.7 Å². The third kappa shape index (κ3) is 8.62. The van der Waals surface area contributed by atoms with Crippen molar-refractivity contribution < 1.29 is 9.59 Å². The number of nitrogens with zero attached hydrogens (tertiary/aromatic N) is 1. The van der Waals surface area contributed by atoms with Crippen molar-refractivity contribution in [3.05, 3.63) is 43.0 Å². The fourth-order valence-electron chi connectivity index (χ4n) is 3.22. The summed E-state index contributed by atoms with van der Waals surface area (Å²) in [5, 5.41) is 6.41. The molecule has 0 amide bonds. The van der Waals surface area contributed by atoms with E-state index in [4.69, 9.17) is 0 Å². The van der Waals surface area contributed by atoms with Crippen molar-refractivity contribution >= 4 is 75.5 Å². The van der Waals surface area contributed by atoms with E-state index in [1.165, 1.54) is 8.84 Å². The molecule has 4 heterocycles. The zero-order valence-corrected chi connectivity index (χ0v) is 23.2. The monoisotopic (exact) mass is 578 g/mol. The average molecular weight is 580 g/mol. The number of rotatable bonds is 7. The predicted octanol–water partition coefficient (Wildman–Crippen LogP) is 6.27. The van der Waals surface area contributed by atoms with Crippen molar-refractivity contribution in [3.63, 3.8) is 0 Å². The van der Waals surface area contributed by atoms with Crippen LogP contribution in [0, 0.1) is 0 Å². The van der Waals surface area contributed by atoms with Crippen LogP contribution in [0.1, 0.15) is 35.1 Å². The number of nitrogens with one attached hydrogen (secondary N) is 1. The van der Waals surface area contributed by atoms with Crippen molar-refractivity contribution in [2.75, 3.05) is 26.2 Å². The minimum absolute atomic E-state index is 0. The zero-order chi connectivity index (χ0) is 22.8. The zero-order valence-electron chi connectivity index (χ0n) is 18.4. The Morgan fingerprint density at radius 3 is 1.66 bits per heavy atom. The molecule has 0 saturated heterocycles. The molecule has 1 N–H and O–H groups in total. The number of carbonyl (C=O) groups is 2. The lowest BCUT2D eigenvalue weighted by atomic mass is 10.3. The first-order valence-electron chi connectivity index (χ1n) is 10.5. The lowest BCUT2D eigenvalue weighted by Gasteiger charge is -2.21. The summed E-state index contributed by atoms with van der Waals surface area (Å²) in [4.78, 5) is 25.2. The number of carbonyl (C=O) groups excluding carboxylic acids is 2. The van der Waals surface area contributed by atoms with Gasteiger partial charge in [0, 0.05) is 47.7 Å². The molecule has 4 aliphatic rings. The molecule has 0 aromatic carbocycles. The standard InChI is InChI=1S/C11H15NOS2.C7H5BrOS2.C4H11N.CH4/c1-3-12(4-2)11-6-10-9(15-11)5-8(7-13)14-10;8-7-2-6-5(11-7)1-4(3-9)10-6;1-3-5-4-2;/h5-7,9-10H,3-4H2,1-2H3;1-3,5-6H;5H,3-4H2,1-2H3;1H4. The molecule has 0 bridgehead atoms. The van der Waals surface area contributed by atoms with Gasteiger partial charge in [0.25, 0.3) is 0 Å². The van der Waals surface area contributed by atoms with E-state index in [-0.39, 0.29) is 7.43 Å². The van der Waals surface area contributed by atoms with E-state index >= 15 is 0 Å². The Kier molecular flexibility index (Phi) is 14.8. The van der Waals surface area contributed by atoms with Crippen molar-refractivity contribution in [2.45, 2.75) is 56.1 Å². The molecule has 4 nitrogen and oxygen atoms in total. The fourth-order valence-corrected chi connectivity index (χ4v) is 9.60. The summed E-state index contributed by atoms with van der Waals surface area (Å²) in [6.07, 6.45) is 10.5. The second-order valence-corrected chi connectivity index (χ2v) is 13.1. The number of hydrogen-bond donors (Lipinski definition) is 1. The molecule has 0 aromatic rings. The molecule has 180 valence electrons. The highest BCUT2D eigenvalue weighted by Gasteiger charge is 2.34. The molecule has 9 heteroatoms. The summed E-state index contributed by atoms with van der Waals surface area (Å²) in [5.41, 5.74) is 0. The first kappa shape index (κ1) is 30.0. The molecule has 0 aromatic heterocycles. The summed E-state index contributed by atoms with van der Waals surface area (Å²) >= 11 is 10.4. The van der Waals surface area contributed by atoms with E-state index in [0.29, 0.717) is 21.0 Å². The van der Waals surface area contributed by atoms with Gasteiger partial charge < -0.3 is 10.2 Å². The molecular weight excluding hydrogens is 544 g/mol. The number of aldehydes is 2. The lowest BCUT2D eigenvalue weighted by Crippen LogP contribution is -2.19. The van der Waals surface area contributed by atoms with E-state index in [1.54, 1.807) is 35.3 Å². The summed E-state index contributed by atoms with van der Waals surface area (Å²) in [7, 11) is 0. The highest BCUT2D eigenvalue weighted by atomic mass is 79.9. The second kappa shape index (κ2) is 15.8. The van der Waals surface area contributed by atoms with Crippen molar-refractivity contribution in [2.24, 2.45) is 0 Å². The quantitative estimate of drug-likeness (QED) is 0.354. The van der Waals surface area contributed by atoms with Gasteiger partial charge in [0.2, 0.25) is 0 Å². The van der Waals surface area contributed by atoms with Gasteiger partial charge in [0.1, 0.15) is 0 Å². The Balaban J connectivity index is 0.000000266. The summed E-state index contributed by atoms with van der Waals surface area (Å²) in [5.74, 6) is 0. The van der Waals surface area contributed by atoms with Crippen LogP contribution in [0.15, 0.2) is 43.0 Å². The Bertz CT molecular complexity index is 748. The predicted molar refractivity (Wildman–Crippen MR) is 153 cm³/mol. The average Bonchev–Trinajstić information content (AvgIpc) is 3.49. The number of thioether (sulfide) groups is 4. The van der Waals surface area contributed by atoms with E-state index in [2.05, 4.69) is 72.1 Å². The number of hydrogen-bond acceptors (Lipinski definition) is 8. The second-order valence-electron chi connectivity index (χ2n) is 6.81. The summed E-state index contributed by atoms with van der Waals surface area (Å²) < 4.78 is 1.20. The number of fused-ring (bicyclic) bond motifs is 2. The van der Waals surface area contributed by atoms with E-state index in [9.17, 15) is 9.59 Å². The van der Waals surface area contributed by atoms with Crippen LogP contribution in [0.4, 0.5) is 0 Å². The molecule has 4 aliphatic heterocycles. The Hall–Kier alpha value is -0.0600. The van der Waals surface area contributed by atoms with Crippen LogP contribution in [0.25, 0.3) is 0 Å². The molecule has 4 rings (SSSR count). The van der Waals surface area contributed by atoms with Gasteiger partial charge in [-0.2, -0.15) is 0 Å². The van der Waals surface area contributed by atoms with Gasteiger partial charge in [0.05, 0.1) is 5.03 Å². The third-order valence-electron chi connectivity index (χ3n) is 4.76. The van der Waals surface area contributed by atoms with Crippen LogP contribution in [0.3, 0.4) is 0 Å². The number of halogens is 1. The summed E-state index contributed by atoms with van der Waals surface area (Å²) in [6, 6.07) is 0. The van der Waals surface area contributed by atoms with Crippen molar-refractivity contribution in [3.8, 4) is 0 Å². The van der Waals surface area contributed by atoms with E-state index < -0.39 is 0 Å². The maximum Gasteiger partial charge on any atom is 0.156 e. The molecule has 0 saturated carbocycles. The van der Waals surface area contributed by atoms with Gasteiger partial charge in [-0.3, -0.25) is 9.59 Å². The van der Waals surface area contributed by atoms with Crippen LogP contribution >= 0.6 is 63.0 Å². The highest BCUT2D eigenvalue weighted by Crippen LogP contribution is 2.49. The molecule has 4 unspecified atom stereocenters. The highest BCUT2D eigenvalue weighted by molar-refractivity contribution is 9.14. The van der Waals surface area contributed by atoms with Gasteiger partial charge in [-0.15, -0.1) is 35.3 Å². The maximum absolute atomic E-state index is 10.6. The summed E-state index contributed by atoms with van der Waals surface area (Å²) in [6.45, 7) is 12.9. The van der Waals surface area contributed by atoms with Crippen LogP contribution in [-0.2, 0) is 9.59 Å². The largest absolute Gasteiger partial charge is 0.367 e. The Morgan fingerprint density at radius 1 is 0.812 bits per heavy atom.